The first-order chi connectivity index (χ1) is 4.64. The average Bonchev–Trinajstić information content (AvgIpc) is 1.86. The molecule has 1 heterocycles. The Hall–Kier alpha value is -0.0800. The molecule has 60 valence electrons. The van der Waals surface area contributed by atoms with Gasteiger partial charge in [-0.15, -0.1) is 0 Å². The first-order valence-corrected chi connectivity index (χ1v) is 4.02. The van der Waals surface area contributed by atoms with Gasteiger partial charge in [0.1, 0.15) is 0 Å². The molecule has 0 aromatic carbocycles. The summed E-state index contributed by atoms with van der Waals surface area (Å²) >= 11 is 0. The van der Waals surface area contributed by atoms with Gasteiger partial charge in [-0.3, -0.25) is 0 Å². The SMILES string of the molecule is CC1(C)CCCC(CO)N1. The van der Waals surface area contributed by atoms with Gasteiger partial charge in [0.2, 0.25) is 0 Å². The molecule has 1 fully saturated rings. The van der Waals surface area contributed by atoms with Crippen LogP contribution in [0, 0.1) is 0 Å². The lowest BCUT2D eigenvalue weighted by Crippen LogP contribution is -2.50. The number of aliphatic hydroxyl groups is 1. The summed E-state index contributed by atoms with van der Waals surface area (Å²) in [6.07, 6.45) is 3.59. The van der Waals surface area contributed by atoms with E-state index in [2.05, 4.69) is 19.2 Å². The van der Waals surface area contributed by atoms with E-state index in [4.69, 9.17) is 5.11 Å². The Labute approximate surface area is 62.6 Å². The summed E-state index contributed by atoms with van der Waals surface area (Å²) in [7, 11) is 0. The van der Waals surface area contributed by atoms with Crippen molar-refractivity contribution < 1.29 is 5.11 Å². The molecule has 1 saturated heterocycles. The Balaban J connectivity index is 2.40. The van der Waals surface area contributed by atoms with Crippen LogP contribution < -0.4 is 5.32 Å². The van der Waals surface area contributed by atoms with Crippen molar-refractivity contribution in [3.8, 4) is 0 Å². The monoisotopic (exact) mass is 143 g/mol. The minimum atomic E-state index is 0.242. The maximum absolute atomic E-state index is 8.86. The fourth-order valence-electron chi connectivity index (χ4n) is 1.62. The maximum atomic E-state index is 8.86. The summed E-state index contributed by atoms with van der Waals surface area (Å²) < 4.78 is 0. The Bertz CT molecular complexity index is 112. The van der Waals surface area contributed by atoms with Crippen molar-refractivity contribution in [1.29, 1.82) is 0 Å². The van der Waals surface area contributed by atoms with E-state index >= 15 is 0 Å². The molecule has 2 N–H and O–H groups in total. The summed E-state index contributed by atoms with van der Waals surface area (Å²) in [5.41, 5.74) is 0.242. The van der Waals surface area contributed by atoms with Gasteiger partial charge in [-0.05, 0) is 26.7 Å². The van der Waals surface area contributed by atoms with Gasteiger partial charge in [-0.25, -0.2) is 0 Å². The molecule has 10 heavy (non-hydrogen) atoms. The molecule has 1 aliphatic heterocycles. The van der Waals surface area contributed by atoms with Crippen LogP contribution in [0.1, 0.15) is 33.1 Å². The normalized spacial score (nSPS) is 32.1. The highest BCUT2D eigenvalue weighted by Crippen LogP contribution is 2.20. The third kappa shape index (κ3) is 1.96. The third-order valence-corrected chi connectivity index (χ3v) is 2.17. The second kappa shape index (κ2) is 2.89. The quantitative estimate of drug-likeness (QED) is 0.571. The Kier molecular flexibility index (Phi) is 2.32. The van der Waals surface area contributed by atoms with E-state index in [9.17, 15) is 0 Å². The van der Waals surface area contributed by atoms with E-state index in [1.54, 1.807) is 0 Å². The van der Waals surface area contributed by atoms with Crippen LogP contribution in [0.3, 0.4) is 0 Å². The predicted octanol–water partition coefficient (Wildman–Crippen LogP) is 0.899. The molecular weight excluding hydrogens is 126 g/mol. The van der Waals surface area contributed by atoms with Gasteiger partial charge in [0, 0.05) is 11.6 Å². The third-order valence-electron chi connectivity index (χ3n) is 2.17. The second-order valence-corrected chi connectivity index (χ2v) is 3.80. The zero-order valence-corrected chi connectivity index (χ0v) is 6.85. The lowest BCUT2D eigenvalue weighted by Gasteiger charge is -2.36. The zero-order chi connectivity index (χ0) is 7.61. The largest absolute Gasteiger partial charge is 0.395 e. The van der Waals surface area contributed by atoms with Gasteiger partial charge in [0.15, 0.2) is 0 Å². The van der Waals surface area contributed by atoms with Gasteiger partial charge in [-0.1, -0.05) is 6.42 Å². The Morgan fingerprint density at radius 1 is 1.60 bits per heavy atom. The Morgan fingerprint density at radius 3 is 2.70 bits per heavy atom. The average molecular weight is 143 g/mol. The van der Waals surface area contributed by atoms with E-state index in [0.29, 0.717) is 6.04 Å². The molecule has 0 aliphatic carbocycles. The number of hydrogen-bond acceptors (Lipinski definition) is 2. The summed E-state index contributed by atoms with van der Waals surface area (Å²) in [5, 5.41) is 12.3. The molecule has 2 nitrogen and oxygen atoms in total. The molecular formula is C8H17NO. The minimum absolute atomic E-state index is 0.242. The number of aliphatic hydroxyl groups excluding tert-OH is 1. The Morgan fingerprint density at radius 2 is 2.30 bits per heavy atom. The van der Waals surface area contributed by atoms with Crippen molar-refractivity contribution in [3.05, 3.63) is 0 Å². The molecule has 1 unspecified atom stereocenters. The lowest BCUT2D eigenvalue weighted by molar-refractivity contribution is 0.166. The van der Waals surface area contributed by atoms with E-state index in [1.165, 1.54) is 12.8 Å². The molecule has 1 atom stereocenters. The van der Waals surface area contributed by atoms with Crippen molar-refractivity contribution in [2.45, 2.75) is 44.7 Å². The number of rotatable bonds is 1. The van der Waals surface area contributed by atoms with E-state index in [1.807, 2.05) is 0 Å². The molecule has 0 radical (unpaired) electrons. The zero-order valence-electron chi connectivity index (χ0n) is 6.85. The molecule has 0 amide bonds. The highest BCUT2D eigenvalue weighted by Gasteiger charge is 2.25. The van der Waals surface area contributed by atoms with Crippen LogP contribution in [0.25, 0.3) is 0 Å². The number of nitrogens with one attached hydrogen (secondary N) is 1. The molecule has 0 spiro atoms. The molecule has 0 saturated carbocycles. The van der Waals surface area contributed by atoms with Gasteiger partial charge >= 0.3 is 0 Å². The number of piperidine rings is 1. The maximum Gasteiger partial charge on any atom is 0.0584 e. The standard InChI is InChI=1S/C8H17NO/c1-8(2)5-3-4-7(6-10)9-8/h7,9-10H,3-6H2,1-2H3. The first kappa shape index (κ1) is 8.02. The van der Waals surface area contributed by atoms with Gasteiger partial charge in [0.05, 0.1) is 6.61 Å². The van der Waals surface area contributed by atoms with Crippen molar-refractivity contribution in [2.24, 2.45) is 0 Å². The fourth-order valence-corrected chi connectivity index (χ4v) is 1.62. The van der Waals surface area contributed by atoms with Crippen molar-refractivity contribution in [2.75, 3.05) is 6.61 Å². The summed E-state index contributed by atoms with van der Waals surface area (Å²) in [4.78, 5) is 0. The summed E-state index contributed by atoms with van der Waals surface area (Å²) in [5.74, 6) is 0. The van der Waals surface area contributed by atoms with Crippen LogP contribution in [0.2, 0.25) is 0 Å². The van der Waals surface area contributed by atoms with E-state index in [0.717, 1.165) is 6.42 Å². The van der Waals surface area contributed by atoms with Crippen LogP contribution in [0.4, 0.5) is 0 Å². The van der Waals surface area contributed by atoms with Gasteiger partial charge in [-0.2, -0.15) is 0 Å². The predicted molar refractivity (Wildman–Crippen MR) is 41.9 cm³/mol. The topological polar surface area (TPSA) is 32.3 Å². The number of hydrogen-bond donors (Lipinski definition) is 2. The van der Waals surface area contributed by atoms with Crippen molar-refractivity contribution in [3.63, 3.8) is 0 Å². The first-order valence-electron chi connectivity index (χ1n) is 4.02. The van der Waals surface area contributed by atoms with Crippen LogP contribution in [0.15, 0.2) is 0 Å². The van der Waals surface area contributed by atoms with E-state index < -0.39 is 0 Å². The summed E-state index contributed by atoms with van der Waals surface area (Å²) in [6.45, 7) is 4.66. The fraction of sp³-hybridized carbons (Fsp3) is 1.00. The highest BCUT2D eigenvalue weighted by atomic mass is 16.3. The van der Waals surface area contributed by atoms with Crippen molar-refractivity contribution >= 4 is 0 Å². The van der Waals surface area contributed by atoms with Gasteiger partial charge < -0.3 is 10.4 Å². The van der Waals surface area contributed by atoms with Crippen LogP contribution in [-0.4, -0.2) is 23.3 Å². The molecule has 0 aromatic rings. The molecule has 2 heteroatoms. The van der Waals surface area contributed by atoms with Crippen LogP contribution >= 0.6 is 0 Å². The summed E-state index contributed by atoms with van der Waals surface area (Å²) in [6, 6.07) is 0.337. The lowest BCUT2D eigenvalue weighted by atomic mass is 9.89. The van der Waals surface area contributed by atoms with Crippen LogP contribution in [0.5, 0.6) is 0 Å². The molecule has 0 aromatic heterocycles. The molecule has 0 bridgehead atoms. The van der Waals surface area contributed by atoms with Gasteiger partial charge in [0.25, 0.3) is 0 Å². The van der Waals surface area contributed by atoms with E-state index in [-0.39, 0.29) is 12.1 Å². The van der Waals surface area contributed by atoms with Crippen molar-refractivity contribution in [1.82, 2.24) is 5.32 Å². The molecule has 1 aliphatic rings. The second-order valence-electron chi connectivity index (χ2n) is 3.80. The molecule has 1 rings (SSSR count). The highest BCUT2D eigenvalue weighted by molar-refractivity contribution is 4.86. The smallest absolute Gasteiger partial charge is 0.0584 e. The minimum Gasteiger partial charge on any atom is -0.395 e. The van der Waals surface area contributed by atoms with Crippen LogP contribution in [-0.2, 0) is 0 Å².